The summed E-state index contributed by atoms with van der Waals surface area (Å²) in [7, 11) is 7.73. The van der Waals surface area contributed by atoms with Crippen molar-refractivity contribution in [1.82, 2.24) is 19.8 Å². The average Bonchev–Trinajstić information content (AvgIpc) is 3.16. The molecule has 3 aromatic rings. The minimum Gasteiger partial charge on any atom is -0.493 e. The second kappa shape index (κ2) is 11.5. The molecule has 37 heavy (non-hydrogen) atoms. The Bertz CT molecular complexity index is 1180. The molecule has 0 N–H and O–H groups in total. The minimum atomic E-state index is 0.418. The Morgan fingerprint density at radius 2 is 1.62 bits per heavy atom. The van der Waals surface area contributed by atoms with Gasteiger partial charge in [0.2, 0.25) is 5.95 Å². The molecule has 0 atom stereocenters. The van der Waals surface area contributed by atoms with Gasteiger partial charge < -0.3 is 24.2 Å². The molecule has 2 saturated heterocycles. The number of hydrogen-bond acceptors (Lipinski definition) is 8. The van der Waals surface area contributed by atoms with Crippen LogP contribution in [0.3, 0.4) is 0 Å². The van der Waals surface area contributed by atoms with E-state index in [9.17, 15) is 0 Å². The van der Waals surface area contributed by atoms with Crippen molar-refractivity contribution in [2.45, 2.75) is 31.8 Å². The van der Waals surface area contributed by atoms with E-state index in [2.05, 4.69) is 64.0 Å². The molecule has 2 aromatic carbocycles. The third-order valence-electron chi connectivity index (χ3n) is 7.86. The first-order chi connectivity index (χ1) is 18.1. The van der Waals surface area contributed by atoms with Crippen molar-refractivity contribution in [3.05, 3.63) is 48.0 Å². The molecule has 0 aliphatic carbocycles. The normalized spacial score (nSPS) is 18.1. The van der Waals surface area contributed by atoms with E-state index in [0.29, 0.717) is 17.5 Å². The number of benzene rings is 2. The van der Waals surface area contributed by atoms with E-state index in [1.54, 1.807) is 14.2 Å². The molecule has 0 amide bonds. The predicted molar refractivity (Wildman–Crippen MR) is 150 cm³/mol. The molecule has 0 bridgehead atoms. The Labute approximate surface area is 220 Å². The van der Waals surface area contributed by atoms with E-state index < -0.39 is 0 Å². The van der Waals surface area contributed by atoms with Gasteiger partial charge in [-0.05, 0) is 44.5 Å². The van der Waals surface area contributed by atoms with Gasteiger partial charge in [0.1, 0.15) is 5.82 Å². The van der Waals surface area contributed by atoms with Crippen LogP contribution in [0.25, 0.3) is 10.9 Å². The van der Waals surface area contributed by atoms with Gasteiger partial charge in [-0.2, -0.15) is 4.98 Å². The van der Waals surface area contributed by atoms with Crippen molar-refractivity contribution in [2.24, 2.45) is 0 Å². The second-order valence-corrected chi connectivity index (χ2v) is 10.3. The van der Waals surface area contributed by atoms with Gasteiger partial charge in [0.05, 0.1) is 19.7 Å². The number of methoxy groups -OCH3 is 2. The summed E-state index contributed by atoms with van der Waals surface area (Å²) in [5.74, 6) is 3.17. The number of rotatable bonds is 7. The van der Waals surface area contributed by atoms with Gasteiger partial charge in [-0.25, -0.2) is 4.98 Å². The lowest BCUT2D eigenvalue weighted by Crippen LogP contribution is -2.43. The van der Waals surface area contributed by atoms with E-state index >= 15 is 0 Å². The highest BCUT2D eigenvalue weighted by molar-refractivity contribution is 5.93. The Kier molecular flexibility index (Phi) is 7.96. The molecule has 2 aliphatic rings. The number of ether oxygens (including phenoxy) is 2. The van der Waals surface area contributed by atoms with Crippen LogP contribution in [0.2, 0.25) is 0 Å². The molecular weight excluding hydrogens is 464 g/mol. The molecular formula is C29H40N6O2. The van der Waals surface area contributed by atoms with Crippen LogP contribution in [-0.2, 0) is 6.54 Å². The Hall–Kier alpha value is -3.10. The summed E-state index contributed by atoms with van der Waals surface area (Å²) in [6.45, 7) is 7.17. The topological polar surface area (TPSA) is 57.2 Å². The molecule has 0 spiro atoms. The number of aromatic nitrogens is 2. The smallest absolute Gasteiger partial charge is 0.227 e. The van der Waals surface area contributed by atoms with E-state index in [-0.39, 0.29) is 0 Å². The van der Waals surface area contributed by atoms with Gasteiger partial charge in [0.15, 0.2) is 11.5 Å². The first kappa shape index (κ1) is 25.5. The molecule has 3 heterocycles. The van der Waals surface area contributed by atoms with E-state index in [1.165, 1.54) is 5.56 Å². The minimum absolute atomic E-state index is 0.418. The summed E-state index contributed by atoms with van der Waals surface area (Å²) < 4.78 is 11.3. The van der Waals surface area contributed by atoms with Gasteiger partial charge in [-0.1, -0.05) is 30.3 Å². The van der Waals surface area contributed by atoms with Crippen molar-refractivity contribution in [1.29, 1.82) is 0 Å². The lowest BCUT2D eigenvalue weighted by Gasteiger charge is -2.38. The summed E-state index contributed by atoms with van der Waals surface area (Å²) in [4.78, 5) is 19.9. The molecule has 2 fully saturated rings. The fraction of sp³-hybridized carbons (Fsp3) is 0.517. The van der Waals surface area contributed by atoms with Crippen LogP contribution in [0.15, 0.2) is 42.5 Å². The molecule has 8 nitrogen and oxygen atoms in total. The summed E-state index contributed by atoms with van der Waals surface area (Å²) in [6, 6.07) is 15.2. The molecule has 0 radical (unpaired) electrons. The second-order valence-electron chi connectivity index (χ2n) is 10.3. The zero-order valence-corrected chi connectivity index (χ0v) is 22.7. The summed E-state index contributed by atoms with van der Waals surface area (Å²) >= 11 is 0. The average molecular weight is 505 g/mol. The lowest BCUT2D eigenvalue weighted by atomic mass is 10.0. The third-order valence-corrected chi connectivity index (χ3v) is 7.86. The van der Waals surface area contributed by atoms with Gasteiger partial charge in [0, 0.05) is 63.8 Å². The fourth-order valence-corrected chi connectivity index (χ4v) is 5.56. The first-order valence-electron chi connectivity index (χ1n) is 13.4. The van der Waals surface area contributed by atoms with Crippen LogP contribution in [0.1, 0.15) is 24.8 Å². The predicted octanol–water partition coefficient (Wildman–Crippen LogP) is 3.89. The Morgan fingerprint density at radius 3 is 2.35 bits per heavy atom. The van der Waals surface area contributed by atoms with Gasteiger partial charge >= 0.3 is 0 Å². The van der Waals surface area contributed by atoms with Crippen LogP contribution in [0.4, 0.5) is 11.8 Å². The zero-order valence-electron chi connectivity index (χ0n) is 22.7. The number of nitrogens with zero attached hydrogens (tertiary/aromatic N) is 6. The summed E-state index contributed by atoms with van der Waals surface area (Å²) in [5.41, 5.74) is 2.27. The van der Waals surface area contributed by atoms with E-state index in [4.69, 9.17) is 19.4 Å². The van der Waals surface area contributed by atoms with Crippen LogP contribution in [-0.4, -0.2) is 93.4 Å². The SMILES string of the molecule is COc1cc2nc(N3CCCN(C)CC3)nc(N(C)C3CCN(Cc4ccccc4)CC3)c2cc1OC. The third kappa shape index (κ3) is 5.75. The van der Waals surface area contributed by atoms with Gasteiger partial charge in [0.25, 0.3) is 0 Å². The maximum Gasteiger partial charge on any atom is 0.227 e. The highest BCUT2D eigenvalue weighted by Crippen LogP contribution is 2.37. The van der Waals surface area contributed by atoms with Gasteiger partial charge in [-0.3, -0.25) is 4.90 Å². The Morgan fingerprint density at radius 1 is 0.892 bits per heavy atom. The largest absolute Gasteiger partial charge is 0.493 e. The highest BCUT2D eigenvalue weighted by Gasteiger charge is 2.27. The number of likely N-dealkylation sites (N-methyl/N-ethyl adjacent to an activating group) is 1. The van der Waals surface area contributed by atoms with Crippen LogP contribution >= 0.6 is 0 Å². The van der Waals surface area contributed by atoms with E-state index in [0.717, 1.165) is 87.7 Å². The van der Waals surface area contributed by atoms with Crippen LogP contribution in [0.5, 0.6) is 11.5 Å². The fourth-order valence-electron chi connectivity index (χ4n) is 5.56. The highest BCUT2D eigenvalue weighted by atomic mass is 16.5. The van der Waals surface area contributed by atoms with E-state index in [1.807, 2.05) is 12.1 Å². The molecule has 2 aliphatic heterocycles. The maximum absolute atomic E-state index is 5.65. The first-order valence-corrected chi connectivity index (χ1v) is 13.4. The number of likely N-dealkylation sites (tertiary alicyclic amines) is 1. The lowest BCUT2D eigenvalue weighted by molar-refractivity contribution is 0.203. The maximum atomic E-state index is 5.65. The quantitative estimate of drug-likeness (QED) is 0.480. The van der Waals surface area contributed by atoms with Gasteiger partial charge in [-0.15, -0.1) is 0 Å². The van der Waals surface area contributed by atoms with Crippen molar-refractivity contribution < 1.29 is 9.47 Å². The molecule has 0 saturated carbocycles. The molecule has 0 unspecified atom stereocenters. The van der Waals surface area contributed by atoms with Crippen LogP contribution in [0, 0.1) is 0 Å². The number of fused-ring (bicyclic) bond motifs is 1. The van der Waals surface area contributed by atoms with Crippen molar-refractivity contribution in [2.75, 3.05) is 77.4 Å². The standard InChI is InChI=1S/C29H40N6O2/c1-32-13-8-14-35(18-17-32)29-30-25-20-27(37-4)26(36-3)19-24(25)28(31-29)33(2)23-11-15-34(16-12-23)21-22-9-6-5-7-10-22/h5-7,9-10,19-20,23H,8,11-18,21H2,1-4H3. The van der Waals surface area contributed by atoms with Crippen molar-refractivity contribution >= 4 is 22.7 Å². The molecule has 5 rings (SSSR count). The summed E-state index contributed by atoms with van der Waals surface area (Å²) in [5, 5.41) is 1.00. The Balaban J connectivity index is 1.43. The molecule has 198 valence electrons. The zero-order chi connectivity index (χ0) is 25.8. The summed E-state index contributed by atoms with van der Waals surface area (Å²) in [6.07, 6.45) is 3.31. The van der Waals surface area contributed by atoms with Crippen molar-refractivity contribution in [3.63, 3.8) is 0 Å². The van der Waals surface area contributed by atoms with Crippen LogP contribution < -0.4 is 19.3 Å². The number of hydrogen-bond donors (Lipinski definition) is 0. The molecule has 8 heteroatoms. The van der Waals surface area contributed by atoms with Crippen molar-refractivity contribution in [3.8, 4) is 11.5 Å². The monoisotopic (exact) mass is 504 g/mol. The number of anilines is 2. The number of piperidine rings is 1. The molecule has 1 aromatic heterocycles.